The molecule has 1 rings (SSSR count). The van der Waals surface area contributed by atoms with Crippen molar-refractivity contribution in [3.05, 3.63) is 27.9 Å². The topological polar surface area (TPSA) is 96.2 Å². The number of nitro groups is 1. The van der Waals surface area contributed by atoms with Gasteiger partial charge in [0, 0.05) is 6.07 Å². The van der Waals surface area contributed by atoms with Gasteiger partial charge < -0.3 is 15.2 Å². The van der Waals surface area contributed by atoms with E-state index in [2.05, 4.69) is 4.98 Å². The first-order chi connectivity index (χ1) is 6.02. The third-order valence-electron chi connectivity index (χ3n) is 1.73. The Morgan fingerprint density at radius 3 is 2.69 bits per heavy atom. The minimum Gasteiger partial charge on any atom is -0.481 e. The van der Waals surface area contributed by atoms with Gasteiger partial charge in [-0.1, -0.05) is 0 Å². The third-order valence-corrected chi connectivity index (χ3v) is 1.73. The molecule has 0 aliphatic rings. The number of aromatic nitrogens is 1. The molecule has 0 spiro atoms. The van der Waals surface area contributed by atoms with Gasteiger partial charge in [-0.25, -0.2) is 4.98 Å². The Bertz CT molecular complexity index is 344. The van der Waals surface area contributed by atoms with E-state index in [4.69, 9.17) is 5.11 Å². The van der Waals surface area contributed by atoms with Crippen molar-refractivity contribution in [2.45, 2.75) is 12.8 Å². The fourth-order valence-corrected chi connectivity index (χ4v) is 0.892. The number of nitrogens with zero attached hydrogens (tertiary/aromatic N) is 1. The molecule has 1 heterocycles. The molecule has 13 heavy (non-hydrogen) atoms. The van der Waals surface area contributed by atoms with Crippen LogP contribution < -0.4 is 0 Å². The highest BCUT2D eigenvalue weighted by Crippen LogP contribution is 2.18. The molecule has 2 N–H and O–H groups in total. The fourth-order valence-electron chi connectivity index (χ4n) is 0.892. The molecule has 0 saturated carbocycles. The Balaban J connectivity index is 2.91. The fraction of sp³-hybridized carbons (Fsp3) is 0.286. The number of carboxylic acid groups (broad SMARTS) is 1. The summed E-state index contributed by atoms with van der Waals surface area (Å²) in [6.07, 6.45) is 0. The molecule has 1 aromatic rings. The molecule has 6 nitrogen and oxygen atoms in total. The van der Waals surface area contributed by atoms with Gasteiger partial charge in [0.15, 0.2) is 0 Å². The van der Waals surface area contributed by atoms with Gasteiger partial charge in [0.05, 0.1) is 0 Å². The van der Waals surface area contributed by atoms with Crippen molar-refractivity contribution in [3.8, 4) is 0 Å². The van der Waals surface area contributed by atoms with Crippen molar-refractivity contribution in [2.75, 3.05) is 0 Å². The predicted molar refractivity (Wildman–Crippen MR) is 43.5 cm³/mol. The Kier molecular flexibility index (Phi) is 2.32. The van der Waals surface area contributed by atoms with Crippen LogP contribution in [0.5, 0.6) is 0 Å². The Morgan fingerprint density at radius 2 is 2.31 bits per heavy atom. The van der Waals surface area contributed by atoms with Gasteiger partial charge in [0.1, 0.15) is 11.6 Å². The van der Waals surface area contributed by atoms with Crippen LogP contribution in [0.15, 0.2) is 12.1 Å². The molecule has 70 valence electrons. The molecule has 1 unspecified atom stereocenters. The molecule has 0 saturated heterocycles. The minimum atomic E-state index is -1.02. The number of carbonyl (C=O) groups is 1. The molecular weight excluding hydrogens is 176 g/mol. The normalized spacial score (nSPS) is 12.4. The van der Waals surface area contributed by atoms with E-state index in [1.54, 1.807) is 0 Å². The lowest BCUT2D eigenvalue weighted by atomic mass is 10.1. The van der Waals surface area contributed by atoms with E-state index < -0.39 is 16.8 Å². The number of rotatable bonds is 3. The van der Waals surface area contributed by atoms with E-state index in [-0.39, 0.29) is 5.82 Å². The van der Waals surface area contributed by atoms with Crippen molar-refractivity contribution in [1.82, 2.24) is 4.98 Å². The van der Waals surface area contributed by atoms with Crippen LogP contribution in [-0.2, 0) is 4.79 Å². The van der Waals surface area contributed by atoms with Gasteiger partial charge in [0.2, 0.25) is 0 Å². The highest BCUT2D eigenvalue weighted by Gasteiger charge is 2.19. The zero-order chi connectivity index (χ0) is 10.0. The number of aromatic amines is 1. The largest absolute Gasteiger partial charge is 0.481 e. The summed E-state index contributed by atoms with van der Waals surface area (Å²) in [6, 6.07) is 2.64. The van der Waals surface area contributed by atoms with Gasteiger partial charge in [-0.15, -0.1) is 0 Å². The van der Waals surface area contributed by atoms with E-state index >= 15 is 0 Å². The van der Waals surface area contributed by atoms with Crippen LogP contribution in [0, 0.1) is 10.1 Å². The second-order valence-corrected chi connectivity index (χ2v) is 2.62. The Labute approximate surface area is 73.3 Å². The zero-order valence-corrected chi connectivity index (χ0v) is 6.85. The Hall–Kier alpha value is -1.85. The summed E-state index contributed by atoms with van der Waals surface area (Å²) in [6.45, 7) is 1.46. The van der Waals surface area contributed by atoms with Crippen molar-refractivity contribution >= 4 is 11.8 Å². The van der Waals surface area contributed by atoms with E-state index in [0.29, 0.717) is 5.69 Å². The number of aliphatic carboxylic acids is 1. The molecule has 0 aliphatic carbocycles. The van der Waals surface area contributed by atoms with Crippen molar-refractivity contribution < 1.29 is 14.8 Å². The SMILES string of the molecule is CC(C(=O)O)c1ccc([N+](=O)[O-])[nH]1. The quantitative estimate of drug-likeness (QED) is 0.543. The Morgan fingerprint density at radius 1 is 1.69 bits per heavy atom. The van der Waals surface area contributed by atoms with Crippen LogP contribution in [0.4, 0.5) is 5.82 Å². The van der Waals surface area contributed by atoms with Gasteiger partial charge >= 0.3 is 11.8 Å². The number of hydrogen-bond donors (Lipinski definition) is 2. The lowest BCUT2D eigenvalue weighted by molar-refractivity contribution is -0.389. The van der Waals surface area contributed by atoms with Crippen LogP contribution in [0.25, 0.3) is 0 Å². The highest BCUT2D eigenvalue weighted by atomic mass is 16.6. The van der Waals surface area contributed by atoms with Gasteiger partial charge in [0.25, 0.3) is 0 Å². The molecule has 0 radical (unpaired) electrons. The minimum absolute atomic E-state index is 0.192. The number of H-pyrrole nitrogens is 1. The molecular formula is C7H8N2O4. The second-order valence-electron chi connectivity index (χ2n) is 2.62. The average Bonchev–Trinajstić information content (AvgIpc) is 2.50. The van der Waals surface area contributed by atoms with E-state index in [9.17, 15) is 14.9 Å². The molecule has 1 atom stereocenters. The van der Waals surface area contributed by atoms with Crippen molar-refractivity contribution in [1.29, 1.82) is 0 Å². The lowest BCUT2D eigenvalue weighted by Gasteiger charge is -1.98. The standard InChI is InChI=1S/C7H8N2O4/c1-4(7(10)11)5-2-3-6(8-5)9(12)13/h2-4,8H,1H3,(H,10,11). The van der Waals surface area contributed by atoms with Gasteiger partial charge in [-0.05, 0) is 17.9 Å². The van der Waals surface area contributed by atoms with Gasteiger partial charge in [-0.2, -0.15) is 0 Å². The number of nitrogens with one attached hydrogen (secondary N) is 1. The summed E-state index contributed by atoms with van der Waals surface area (Å²) in [5.74, 6) is -1.96. The zero-order valence-electron chi connectivity index (χ0n) is 6.85. The first kappa shape index (κ1) is 9.24. The summed E-state index contributed by atoms with van der Waals surface area (Å²) in [4.78, 5) is 22.5. The molecule has 0 aromatic carbocycles. The first-order valence-corrected chi connectivity index (χ1v) is 3.58. The second kappa shape index (κ2) is 3.26. The summed E-state index contributed by atoms with van der Waals surface area (Å²) in [5.41, 5.74) is 0.333. The smallest absolute Gasteiger partial charge is 0.321 e. The predicted octanol–water partition coefficient (Wildman–Crippen LogP) is 1.11. The maximum Gasteiger partial charge on any atom is 0.321 e. The van der Waals surface area contributed by atoms with Crippen LogP contribution >= 0.6 is 0 Å². The number of carboxylic acids is 1. The first-order valence-electron chi connectivity index (χ1n) is 3.58. The van der Waals surface area contributed by atoms with Crippen molar-refractivity contribution in [2.24, 2.45) is 0 Å². The van der Waals surface area contributed by atoms with Crippen LogP contribution in [0.2, 0.25) is 0 Å². The van der Waals surface area contributed by atoms with Crippen molar-refractivity contribution in [3.63, 3.8) is 0 Å². The summed E-state index contributed by atoms with van der Waals surface area (Å²) in [7, 11) is 0. The van der Waals surface area contributed by atoms with Crippen LogP contribution in [-0.4, -0.2) is 21.0 Å². The average molecular weight is 184 g/mol. The molecule has 0 fully saturated rings. The monoisotopic (exact) mass is 184 g/mol. The van der Waals surface area contributed by atoms with E-state index in [1.807, 2.05) is 0 Å². The van der Waals surface area contributed by atoms with Gasteiger partial charge in [-0.3, -0.25) is 4.79 Å². The maximum atomic E-state index is 10.5. The molecule has 0 amide bonds. The van der Waals surface area contributed by atoms with E-state index in [0.717, 1.165) is 0 Å². The summed E-state index contributed by atoms with van der Waals surface area (Å²) < 4.78 is 0. The van der Waals surface area contributed by atoms with Crippen LogP contribution in [0.1, 0.15) is 18.5 Å². The molecule has 0 bridgehead atoms. The summed E-state index contributed by atoms with van der Waals surface area (Å²) >= 11 is 0. The summed E-state index contributed by atoms with van der Waals surface area (Å²) in [5, 5.41) is 18.8. The highest BCUT2D eigenvalue weighted by molar-refractivity contribution is 5.75. The van der Waals surface area contributed by atoms with Crippen LogP contribution in [0.3, 0.4) is 0 Å². The van der Waals surface area contributed by atoms with E-state index in [1.165, 1.54) is 19.1 Å². The lowest BCUT2D eigenvalue weighted by Crippen LogP contribution is -2.07. The number of hydrogen-bond acceptors (Lipinski definition) is 3. The molecule has 0 aliphatic heterocycles. The molecule has 6 heteroatoms. The third kappa shape index (κ3) is 1.84. The maximum absolute atomic E-state index is 10.5. The molecule has 1 aromatic heterocycles.